The van der Waals surface area contributed by atoms with E-state index in [0.29, 0.717) is 5.25 Å². The van der Waals surface area contributed by atoms with Crippen molar-refractivity contribution in [1.29, 1.82) is 0 Å². The smallest absolute Gasteiger partial charge is 0.237 e. The average Bonchev–Trinajstić information content (AvgIpc) is 2.64. The van der Waals surface area contributed by atoms with Gasteiger partial charge in [0.05, 0.1) is 9.75 Å². The number of rotatable bonds is 3. The van der Waals surface area contributed by atoms with Crippen molar-refractivity contribution < 1.29 is 4.79 Å². The van der Waals surface area contributed by atoms with Gasteiger partial charge in [-0.25, -0.2) is 0 Å². The van der Waals surface area contributed by atoms with Crippen molar-refractivity contribution in [3.05, 3.63) is 17.0 Å². The van der Waals surface area contributed by atoms with Crippen LogP contribution in [0.4, 0.5) is 0 Å². The van der Waals surface area contributed by atoms with Crippen molar-refractivity contribution in [3.8, 4) is 0 Å². The maximum Gasteiger partial charge on any atom is 0.237 e. The summed E-state index contributed by atoms with van der Waals surface area (Å²) in [5.41, 5.74) is 6.06. The number of thiophene rings is 1. The molecule has 1 aromatic rings. The van der Waals surface area contributed by atoms with E-state index in [1.807, 2.05) is 25.6 Å². The summed E-state index contributed by atoms with van der Waals surface area (Å²) in [4.78, 5) is 11.4. The van der Waals surface area contributed by atoms with E-state index in [9.17, 15) is 4.79 Å². The molecule has 3 N–H and O–H groups in total. The molecule has 17 heavy (non-hydrogen) atoms. The van der Waals surface area contributed by atoms with E-state index in [4.69, 9.17) is 5.73 Å². The third-order valence-corrected chi connectivity index (χ3v) is 5.40. The molecule has 1 aliphatic heterocycles. The van der Waals surface area contributed by atoms with Gasteiger partial charge in [0.2, 0.25) is 5.91 Å². The number of hydrogen-bond donors (Lipinski definition) is 2. The first-order valence-corrected chi connectivity index (χ1v) is 7.47. The monoisotopic (exact) mass is 270 g/mol. The number of nitrogens with two attached hydrogens (primary N) is 1. The van der Waals surface area contributed by atoms with E-state index in [-0.39, 0.29) is 11.9 Å². The van der Waals surface area contributed by atoms with Crippen LogP contribution >= 0.6 is 23.1 Å². The lowest BCUT2D eigenvalue weighted by atomic mass is 9.98. The normalized spacial score (nSPS) is 24.4. The van der Waals surface area contributed by atoms with Crippen LogP contribution in [0, 0.1) is 0 Å². The van der Waals surface area contributed by atoms with Crippen LogP contribution in [0.25, 0.3) is 0 Å². The number of primary amides is 1. The molecule has 94 valence electrons. The van der Waals surface area contributed by atoms with E-state index in [2.05, 4.69) is 23.7 Å². The molecule has 0 saturated heterocycles. The Morgan fingerprint density at radius 1 is 1.59 bits per heavy atom. The zero-order valence-electron chi connectivity index (χ0n) is 10.3. The minimum absolute atomic E-state index is 0.231. The van der Waals surface area contributed by atoms with E-state index < -0.39 is 5.54 Å². The maximum absolute atomic E-state index is 11.4. The van der Waals surface area contributed by atoms with Gasteiger partial charge in [-0.15, -0.1) is 23.1 Å². The largest absolute Gasteiger partial charge is 0.368 e. The molecule has 0 bridgehead atoms. The van der Waals surface area contributed by atoms with Gasteiger partial charge in [-0.2, -0.15) is 0 Å². The van der Waals surface area contributed by atoms with Gasteiger partial charge in [-0.1, -0.05) is 6.92 Å². The molecule has 0 aromatic carbocycles. The molecule has 0 radical (unpaired) electrons. The highest BCUT2D eigenvalue weighted by Gasteiger charge is 2.33. The highest BCUT2D eigenvalue weighted by atomic mass is 32.2. The molecule has 2 rings (SSSR count). The fourth-order valence-electron chi connectivity index (χ4n) is 1.99. The van der Waals surface area contributed by atoms with Gasteiger partial charge in [0, 0.05) is 11.3 Å². The maximum atomic E-state index is 11.4. The van der Waals surface area contributed by atoms with Crippen LogP contribution in [-0.2, 0) is 4.79 Å². The summed E-state index contributed by atoms with van der Waals surface area (Å²) in [6, 6.07) is 2.38. The summed E-state index contributed by atoms with van der Waals surface area (Å²) in [5.74, 6) is -0.305. The molecular weight excluding hydrogens is 252 g/mol. The molecule has 0 aliphatic carbocycles. The molecule has 1 amide bonds. The number of fused-ring (bicyclic) bond motifs is 1. The van der Waals surface area contributed by atoms with Crippen LogP contribution in [0.15, 0.2) is 15.7 Å². The molecule has 0 saturated carbocycles. The Morgan fingerprint density at radius 2 is 2.29 bits per heavy atom. The Hall–Kier alpha value is -0.520. The lowest BCUT2D eigenvalue weighted by Gasteiger charge is -2.33. The standard InChI is InChI=1S/C12H18N2OS2/c1-7-6-9(14-12(2,3)11(13)15)8-4-5-16-10(8)17-7/h4-5,7,9,14H,6H2,1-3H3,(H2,13,15)/t7-,9?/m0/s1. The fourth-order valence-corrected chi connectivity index (χ4v) is 4.56. The number of amides is 1. The van der Waals surface area contributed by atoms with Gasteiger partial charge in [0.25, 0.3) is 0 Å². The molecule has 1 aromatic heterocycles. The molecule has 2 atom stereocenters. The van der Waals surface area contributed by atoms with Crippen molar-refractivity contribution in [1.82, 2.24) is 5.32 Å². The second-order valence-corrected chi connectivity index (χ2v) is 7.64. The first kappa shape index (κ1) is 12.9. The van der Waals surface area contributed by atoms with Crippen molar-refractivity contribution >= 4 is 29.0 Å². The molecule has 1 aliphatic rings. The van der Waals surface area contributed by atoms with Crippen LogP contribution in [0.1, 0.15) is 38.8 Å². The van der Waals surface area contributed by atoms with Crippen molar-refractivity contribution in [3.63, 3.8) is 0 Å². The van der Waals surface area contributed by atoms with Crippen molar-refractivity contribution in [2.45, 2.75) is 48.2 Å². The Labute approximate surface area is 110 Å². The number of thioether (sulfide) groups is 1. The molecule has 1 unspecified atom stereocenters. The minimum Gasteiger partial charge on any atom is -0.368 e. The first-order chi connectivity index (χ1) is 7.90. The van der Waals surface area contributed by atoms with Gasteiger partial charge in [0.15, 0.2) is 0 Å². The highest BCUT2D eigenvalue weighted by molar-refractivity contribution is 8.01. The van der Waals surface area contributed by atoms with Crippen LogP contribution in [0.5, 0.6) is 0 Å². The third kappa shape index (κ3) is 2.67. The lowest BCUT2D eigenvalue weighted by molar-refractivity contribution is -0.123. The van der Waals surface area contributed by atoms with Gasteiger partial charge in [0.1, 0.15) is 0 Å². The Kier molecular flexibility index (Phi) is 3.52. The van der Waals surface area contributed by atoms with Crippen LogP contribution in [-0.4, -0.2) is 16.7 Å². The molecule has 0 spiro atoms. The van der Waals surface area contributed by atoms with Crippen LogP contribution in [0.3, 0.4) is 0 Å². The van der Waals surface area contributed by atoms with Crippen molar-refractivity contribution in [2.24, 2.45) is 5.73 Å². The second kappa shape index (κ2) is 4.63. The van der Waals surface area contributed by atoms with Gasteiger partial charge >= 0.3 is 0 Å². The summed E-state index contributed by atoms with van der Waals surface area (Å²) in [6.45, 7) is 5.90. The molecule has 5 heteroatoms. The number of hydrogen-bond acceptors (Lipinski definition) is 4. The predicted octanol–water partition coefficient (Wildman–Crippen LogP) is 2.53. The molecule has 0 fully saturated rings. The van der Waals surface area contributed by atoms with E-state index in [0.717, 1.165) is 6.42 Å². The minimum atomic E-state index is -0.661. The zero-order chi connectivity index (χ0) is 12.6. The van der Waals surface area contributed by atoms with Gasteiger partial charge in [-0.05, 0) is 37.3 Å². The van der Waals surface area contributed by atoms with E-state index in [1.54, 1.807) is 11.3 Å². The topological polar surface area (TPSA) is 55.1 Å². The summed E-state index contributed by atoms with van der Waals surface area (Å²) in [5, 5.41) is 6.07. The second-order valence-electron chi connectivity index (χ2n) is 5.01. The predicted molar refractivity (Wildman–Crippen MR) is 73.4 cm³/mol. The number of carbonyl (C=O) groups is 1. The summed E-state index contributed by atoms with van der Waals surface area (Å²) in [6.07, 6.45) is 1.03. The fraction of sp³-hybridized carbons (Fsp3) is 0.583. The summed E-state index contributed by atoms with van der Waals surface area (Å²) < 4.78 is 1.36. The lowest BCUT2D eigenvalue weighted by Crippen LogP contribution is -2.52. The Morgan fingerprint density at radius 3 is 2.94 bits per heavy atom. The first-order valence-electron chi connectivity index (χ1n) is 5.72. The summed E-state index contributed by atoms with van der Waals surface area (Å²) in [7, 11) is 0. The SMILES string of the molecule is C[C@H]1CC(NC(C)(C)C(N)=O)c2ccsc2S1. The quantitative estimate of drug-likeness (QED) is 0.887. The average molecular weight is 270 g/mol. The highest BCUT2D eigenvalue weighted by Crippen LogP contribution is 2.44. The van der Waals surface area contributed by atoms with E-state index >= 15 is 0 Å². The van der Waals surface area contributed by atoms with Crippen molar-refractivity contribution in [2.75, 3.05) is 0 Å². The Bertz CT molecular complexity index is 428. The third-order valence-electron chi connectivity index (χ3n) is 3.06. The number of carbonyl (C=O) groups excluding carboxylic acids is 1. The summed E-state index contributed by atoms with van der Waals surface area (Å²) >= 11 is 3.69. The van der Waals surface area contributed by atoms with E-state index in [1.165, 1.54) is 9.77 Å². The Balaban J connectivity index is 2.21. The molecular formula is C12H18N2OS2. The van der Waals surface area contributed by atoms with Gasteiger partial charge in [-0.3, -0.25) is 10.1 Å². The van der Waals surface area contributed by atoms with Crippen LogP contribution < -0.4 is 11.1 Å². The zero-order valence-corrected chi connectivity index (χ0v) is 12.0. The molecule has 2 heterocycles. The van der Waals surface area contributed by atoms with Gasteiger partial charge < -0.3 is 5.73 Å². The van der Waals surface area contributed by atoms with Crippen LogP contribution in [0.2, 0.25) is 0 Å². The number of nitrogens with one attached hydrogen (secondary N) is 1. The molecule has 3 nitrogen and oxygen atoms in total.